The van der Waals surface area contributed by atoms with Crippen LogP contribution in [0.2, 0.25) is 0 Å². The average Bonchev–Trinajstić information content (AvgIpc) is 2.67. The molecule has 0 aromatic rings. The lowest BCUT2D eigenvalue weighted by Gasteiger charge is -2.34. The van der Waals surface area contributed by atoms with E-state index in [1.54, 1.807) is 0 Å². The lowest BCUT2D eigenvalue weighted by Crippen LogP contribution is -2.43. The number of rotatable bonds is 3. The summed E-state index contributed by atoms with van der Waals surface area (Å²) in [6.45, 7) is 2.49. The molecule has 0 amide bonds. The molecule has 1 saturated heterocycles. The molecular formula is C15H28N2O2. The van der Waals surface area contributed by atoms with Gasteiger partial charge >= 0.3 is 5.97 Å². The second kappa shape index (κ2) is 6.71. The number of ether oxygens (including phenoxy) is 1. The van der Waals surface area contributed by atoms with Crippen molar-refractivity contribution in [2.45, 2.75) is 57.5 Å². The Morgan fingerprint density at radius 2 is 1.79 bits per heavy atom. The third-order valence-electron chi connectivity index (χ3n) is 4.82. The van der Waals surface area contributed by atoms with E-state index in [2.05, 4.69) is 11.9 Å². The van der Waals surface area contributed by atoms with Crippen LogP contribution in [0.15, 0.2) is 0 Å². The van der Waals surface area contributed by atoms with Gasteiger partial charge in [-0.2, -0.15) is 0 Å². The summed E-state index contributed by atoms with van der Waals surface area (Å²) in [4.78, 5) is 14.8. The van der Waals surface area contributed by atoms with Crippen molar-refractivity contribution in [1.29, 1.82) is 0 Å². The predicted octanol–water partition coefficient (Wildman–Crippen LogP) is 1.92. The summed E-state index contributed by atoms with van der Waals surface area (Å²) >= 11 is 0. The molecule has 0 aromatic heterocycles. The van der Waals surface area contributed by atoms with Gasteiger partial charge in [-0.15, -0.1) is 0 Å². The van der Waals surface area contributed by atoms with Crippen LogP contribution in [-0.2, 0) is 9.53 Å². The molecule has 0 atom stereocenters. The largest absolute Gasteiger partial charge is 0.462 e. The highest BCUT2D eigenvalue weighted by molar-refractivity contribution is 5.77. The molecule has 1 aliphatic carbocycles. The maximum Gasteiger partial charge on any atom is 0.313 e. The second-order valence-electron chi connectivity index (χ2n) is 6.31. The van der Waals surface area contributed by atoms with Crippen molar-refractivity contribution < 1.29 is 9.53 Å². The van der Waals surface area contributed by atoms with E-state index in [-0.39, 0.29) is 17.5 Å². The number of carbonyl (C=O) groups is 1. The van der Waals surface area contributed by atoms with Crippen molar-refractivity contribution in [3.8, 4) is 0 Å². The summed E-state index contributed by atoms with van der Waals surface area (Å²) in [5, 5.41) is 0. The SMILES string of the molecule is CN1CCC(OC(=O)C2(CN)CCCCCC2)CC1. The topological polar surface area (TPSA) is 55.6 Å². The van der Waals surface area contributed by atoms with Crippen LogP contribution in [0, 0.1) is 5.41 Å². The quantitative estimate of drug-likeness (QED) is 0.627. The third kappa shape index (κ3) is 3.69. The average molecular weight is 268 g/mol. The van der Waals surface area contributed by atoms with E-state index in [9.17, 15) is 4.79 Å². The highest BCUT2D eigenvalue weighted by Crippen LogP contribution is 2.36. The molecule has 4 heteroatoms. The summed E-state index contributed by atoms with van der Waals surface area (Å²) in [5.74, 6) is -0.0218. The molecule has 2 rings (SSSR count). The molecule has 2 fully saturated rings. The molecule has 0 radical (unpaired) electrons. The Balaban J connectivity index is 1.92. The fraction of sp³-hybridized carbons (Fsp3) is 0.933. The van der Waals surface area contributed by atoms with Gasteiger partial charge in [-0.05, 0) is 32.7 Å². The van der Waals surface area contributed by atoms with Crippen molar-refractivity contribution in [3.05, 3.63) is 0 Å². The van der Waals surface area contributed by atoms with Gasteiger partial charge in [-0.25, -0.2) is 0 Å². The molecule has 1 saturated carbocycles. The van der Waals surface area contributed by atoms with Crippen molar-refractivity contribution in [1.82, 2.24) is 4.90 Å². The Labute approximate surface area is 116 Å². The molecule has 1 aliphatic heterocycles. The molecule has 1 heterocycles. The van der Waals surface area contributed by atoms with Crippen molar-refractivity contribution in [2.75, 3.05) is 26.7 Å². The monoisotopic (exact) mass is 268 g/mol. The first-order valence-electron chi connectivity index (χ1n) is 7.76. The van der Waals surface area contributed by atoms with Gasteiger partial charge in [0.15, 0.2) is 0 Å². The zero-order chi connectivity index (χ0) is 13.7. The molecule has 2 N–H and O–H groups in total. The van der Waals surface area contributed by atoms with E-state index in [0.717, 1.165) is 51.6 Å². The van der Waals surface area contributed by atoms with Crippen LogP contribution in [0.1, 0.15) is 51.4 Å². The molecule has 0 unspecified atom stereocenters. The zero-order valence-corrected chi connectivity index (χ0v) is 12.2. The van der Waals surface area contributed by atoms with Crippen molar-refractivity contribution in [2.24, 2.45) is 11.1 Å². The Hall–Kier alpha value is -0.610. The van der Waals surface area contributed by atoms with Crippen LogP contribution in [0.5, 0.6) is 0 Å². The first-order chi connectivity index (χ1) is 9.16. The van der Waals surface area contributed by atoms with Crippen LogP contribution in [-0.4, -0.2) is 43.7 Å². The van der Waals surface area contributed by atoms with E-state index < -0.39 is 0 Å². The second-order valence-corrected chi connectivity index (χ2v) is 6.31. The van der Waals surface area contributed by atoms with Gasteiger partial charge in [0.25, 0.3) is 0 Å². The van der Waals surface area contributed by atoms with Crippen LogP contribution < -0.4 is 5.73 Å². The standard InChI is InChI=1S/C15H28N2O2/c1-17-10-6-13(7-11-17)19-14(18)15(12-16)8-4-2-3-5-9-15/h13H,2-12,16H2,1H3. The van der Waals surface area contributed by atoms with Gasteiger partial charge in [-0.1, -0.05) is 25.7 Å². The van der Waals surface area contributed by atoms with E-state index in [1.165, 1.54) is 12.8 Å². The predicted molar refractivity (Wildman–Crippen MR) is 75.8 cm³/mol. The van der Waals surface area contributed by atoms with Gasteiger partial charge in [0.2, 0.25) is 0 Å². The van der Waals surface area contributed by atoms with Gasteiger partial charge in [0.1, 0.15) is 6.10 Å². The van der Waals surface area contributed by atoms with E-state index in [1.807, 2.05) is 0 Å². The zero-order valence-electron chi connectivity index (χ0n) is 12.2. The Morgan fingerprint density at radius 3 is 2.32 bits per heavy atom. The summed E-state index contributed by atoms with van der Waals surface area (Å²) < 4.78 is 5.78. The van der Waals surface area contributed by atoms with Gasteiger partial charge in [-0.3, -0.25) is 4.79 Å². The number of hydrogen-bond donors (Lipinski definition) is 1. The smallest absolute Gasteiger partial charge is 0.313 e. The van der Waals surface area contributed by atoms with Gasteiger partial charge in [0, 0.05) is 19.6 Å². The Morgan fingerprint density at radius 1 is 1.21 bits per heavy atom. The fourth-order valence-electron chi connectivity index (χ4n) is 3.28. The summed E-state index contributed by atoms with van der Waals surface area (Å²) in [6.07, 6.45) is 8.53. The maximum absolute atomic E-state index is 12.5. The number of carbonyl (C=O) groups excluding carboxylic acids is 1. The number of esters is 1. The number of likely N-dealkylation sites (tertiary alicyclic amines) is 1. The third-order valence-corrected chi connectivity index (χ3v) is 4.82. The van der Waals surface area contributed by atoms with Crippen LogP contribution >= 0.6 is 0 Å². The lowest BCUT2D eigenvalue weighted by atomic mass is 9.80. The Kier molecular flexibility index (Phi) is 5.22. The molecule has 19 heavy (non-hydrogen) atoms. The molecule has 0 aromatic carbocycles. The van der Waals surface area contributed by atoms with E-state index in [4.69, 9.17) is 10.5 Å². The summed E-state index contributed by atoms with van der Waals surface area (Å²) in [5.41, 5.74) is 5.54. The highest BCUT2D eigenvalue weighted by Gasteiger charge is 2.40. The summed E-state index contributed by atoms with van der Waals surface area (Å²) in [6, 6.07) is 0. The van der Waals surface area contributed by atoms with Crippen LogP contribution in [0.25, 0.3) is 0 Å². The summed E-state index contributed by atoms with van der Waals surface area (Å²) in [7, 11) is 2.12. The van der Waals surface area contributed by atoms with Crippen molar-refractivity contribution >= 4 is 5.97 Å². The minimum atomic E-state index is -0.389. The van der Waals surface area contributed by atoms with Crippen LogP contribution in [0.3, 0.4) is 0 Å². The molecular weight excluding hydrogens is 240 g/mol. The number of nitrogens with zero attached hydrogens (tertiary/aromatic N) is 1. The molecule has 110 valence electrons. The van der Waals surface area contributed by atoms with Gasteiger partial charge < -0.3 is 15.4 Å². The number of hydrogen-bond acceptors (Lipinski definition) is 4. The van der Waals surface area contributed by atoms with E-state index >= 15 is 0 Å². The first-order valence-corrected chi connectivity index (χ1v) is 7.76. The van der Waals surface area contributed by atoms with Crippen molar-refractivity contribution in [3.63, 3.8) is 0 Å². The maximum atomic E-state index is 12.5. The van der Waals surface area contributed by atoms with Crippen LogP contribution in [0.4, 0.5) is 0 Å². The molecule has 0 bridgehead atoms. The minimum absolute atomic E-state index is 0.0218. The Bertz CT molecular complexity index is 291. The van der Waals surface area contributed by atoms with E-state index in [0.29, 0.717) is 6.54 Å². The number of piperidine rings is 1. The number of nitrogens with two attached hydrogens (primary N) is 1. The minimum Gasteiger partial charge on any atom is -0.462 e. The molecule has 2 aliphatic rings. The molecule has 4 nitrogen and oxygen atoms in total. The fourth-order valence-corrected chi connectivity index (χ4v) is 3.28. The molecule has 0 spiro atoms. The normalized spacial score (nSPS) is 25.8. The first kappa shape index (κ1) is 14.8. The highest BCUT2D eigenvalue weighted by atomic mass is 16.5. The van der Waals surface area contributed by atoms with Gasteiger partial charge in [0.05, 0.1) is 5.41 Å². The lowest BCUT2D eigenvalue weighted by molar-refractivity contribution is -0.164.